The summed E-state index contributed by atoms with van der Waals surface area (Å²) >= 11 is 0. The summed E-state index contributed by atoms with van der Waals surface area (Å²) in [4.78, 5) is 33.4. The molecule has 4 aromatic rings. The Labute approximate surface area is 197 Å². The average molecular weight is 460 g/mol. The number of ether oxygens (including phenoxy) is 1. The van der Waals surface area contributed by atoms with Crippen molar-refractivity contribution in [3.8, 4) is 11.4 Å². The van der Waals surface area contributed by atoms with Crippen LogP contribution in [0.2, 0.25) is 0 Å². The summed E-state index contributed by atoms with van der Waals surface area (Å²) in [6.45, 7) is 4.13. The minimum atomic E-state index is -0.605. The topological polar surface area (TPSA) is 64.4 Å². The molecule has 0 aliphatic rings. The lowest BCUT2D eigenvalue weighted by Crippen LogP contribution is -2.38. The molecule has 0 bridgehead atoms. The Morgan fingerprint density at radius 3 is 2.41 bits per heavy atom. The molecule has 0 fully saturated rings. The van der Waals surface area contributed by atoms with Gasteiger partial charge in [0.2, 0.25) is 0 Å². The number of hydrogen-bond acceptors (Lipinski definition) is 4. The predicted octanol–water partition coefficient (Wildman–Crippen LogP) is 5.15. The number of hydrogen-bond donors (Lipinski definition) is 0. The van der Waals surface area contributed by atoms with Gasteiger partial charge in [-0.1, -0.05) is 31.2 Å². The largest absolute Gasteiger partial charge is 0.497 e. The summed E-state index contributed by atoms with van der Waals surface area (Å²) in [7, 11) is 1.57. The van der Waals surface area contributed by atoms with Gasteiger partial charge in [-0.25, -0.2) is 9.37 Å². The first-order valence-corrected chi connectivity index (χ1v) is 11.2. The number of halogens is 1. The quantitative estimate of drug-likeness (QED) is 0.384. The van der Waals surface area contributed by atoms with Gasteiger partial charge in [0, 0.05) is 6.54 Å². The van der Waals surface area contributed by atoms with E-state index in [1.54, 1.807) is 66.6 Å². The van der Waals surface area contributed by atoms with E-state index in [0.717, 1.165) is 0 Å². The Morgan fingerprint density at radius 2 is 1.74 bits per heavy atom. The molecule has 0 aliphatic carbocycles. The first-order chi connectivity index (χ1) is 16.5. The highest BCUT2D eigenvalue weighted by Gasteiger charge is 2.28. The van der Waals surface area contributed by atoms with Crippen molar-refractivity contribution in [2.75, 3.05) is 13.7 Å². The first kappa shape index (κ1) is 23.2. The highest BCUT2D eigenvalue weighted by molar-refractivity contribution is 5.94. The zero-order valence-corrected chi connectivity index (χ0v) is 19.4. The van der Waals surface area contributed by atoms with Gasteiger partial charge in [0.1, 0.15) is 17.4 Å². The third kappa shape index (κ3) is 4.29. The minimum absolute atomic E-state index is 0.0121. The number of carbonyl (C=O) groups excluding carboxylic acids is 1. The van der Waals surface area contributed by atoms with Crippen molar-refractivity contribution < 1.29 is 13.9 Å². The Bertz CT molecular complexity index is 1380. The fourth-order valence-corrected chi connectivity index (χ4v) is 4.05. The van der Waals surface area contributed by atoms with Crippen molar-refractivity contribution in [1.29, 1.82) is 0 Å². The van der Waals surface area contributed by atoms with Gasteiger partial charge in [0.15, 0.2) is 0 Å². The lowest BCUT2D eigenvalue weighted by Gasteiger charge is -2.30. The van der Waals surface area contributed by atoms with Crippen LogP contribution in [0.4, 0.5) is 4.39 Å². The van der Waals surface area contributed by atoms with Crippen LogP contribution in [-0.2, 0) is 0 Å². The van der Waals surface area contributed by atoms with E-state index < -0.39 is 17.8 Å². The Balaban J connectivity index is 1.91. The summed E-state index contributed by atoms with van der Waals surface area (Å²) in [6, 6.07) is 19.5. The summed E-state index contributed by atoms with van der Waals surface area (Å²) in [6.07, 6.45) is 0.658. The summed E-state index contributed by atoms with van der Waals surface area (Å²) in [5.74, 6) is 0.0189. The van der Waals surface area contributed by atoms with E-state index in [0.29, 0.717) is 41.1 Å². The maximum Gasteiger partial charge on any atom is 0.266 e. The number of amides is 1. The molecule has 34 heavy (non-hydrogen) atoms. The standard InChI is InChI=1S/C27H26FN3O3/c1-4-17-30(26(32)21-9-5-7-11-23(21)28)18(2)25-29-24-12-8-6-10-22(24)27(33)31(25)19-13-15-20(34-3)16-14-19/h5-16,18H,4,17H2,1-3H3. The van der Waals surface area contributed by atoms with Gasteiger partial charge in [0.25, 0.3) is 11.5 Å². The third-order valence-electron chi connectivity index (χ3n) is 5.80. The summed E-state index contributed by atoms with van der Waals surface area (Å²) in [5, 5.41) is 0.469. The van der Waals surface area contributed by atoms with Gasteiger partial charge in [-0.05, 0) is 61.9 Å². The monoisotopic (exact) mass is 459 g/mol. The molecule has 3 aromatic carbocycles. The average Bonchev–Trinajstić information content (AvgIpc) is 2.87. The molecule has 1 atom stereocenters. The minimum Gasteiger partial charge on any atom is -0.497 e. The molecule has 4 rings (SSSR count). The number of carbonyl (C=O) groups is 1. The highest BCUT2D eigenvalue weighted by atomic mass is 19.1. The molecule has 1 heterocycles. The zero-order chi connectivity index (χ0) is 24.2. The fourth-order valence-electron chi connectivity index (χ4n) is 4.05. The van der Waals surface area contributed by atoms with Crippen molar-refractivity contribution in [2.24, 2.45) is 0 Å². The Kier molecular flexibility index (Phi) is 6.72. The van der Waals surface area contributed by atoms with Crippen molar-refractivity contribution in [3.63, 3.8) is 0 Å². The first-order valence-electron chi connectivity index (χ1n) is 11.2. The van der Waals surface area contributed by atoms with Crippen molar-refractivity contribution in [3.05, 3.63) is 100 Å². The van der Waals surface area contributed by atoms with Gasteiger partial charge >= 0.3 is 0 Å². The van der Waals surface area contributed by atoms with Gasteiger partial charge in [0.05, 0.1) is 35.3 Å². The lowest BCUT2D eigenvalue weighted by atomic mass is 10.1. The number of fused-ring (bicyclic) bond motifs is 1. The Hall–Kier alpha value is -4.00. The smallest absolute Gasteiger partial charge is 0.266 e. The van der Waals surface area contributed by atoms with Crippen LogP contribution in [0.3, 0.4) is 0 Å². The maximum absolute atomic E-state index is 14.5. The molecule has 1 unspecified atom stereocenters. The van der Waals surface area contributed by atoms with E-state index in [9.17, 15) is 14.0 Å². The van der Waals surface area contributed by atoms with E-state index in [1.165, 1.54) is 16.7 Å². The maximum atomic E-state index is 14.5. The molecule has 0 spiro atoms. The molecule has 0 saturated heterocycles. The number of nitrogens with zero attached hydrogens (tertiary/aromatic N) is 3. The number of rotatable bonds is 7. The molecule has 0 N–H and O–H groups in total. The predicted molar refractivity (Wildman–Crippen MR) is 130 cm³/mol. The van der Waals surface area contributed by atoms with Crippen LogP contribution in [0.15, 0.2) is 77.6 Å². The molecular formula is C27H26FN3O3. The number of para-hydroxylation sites is 1. The van der Waals surface area contributed by atoms with E-state index in [2.05, 4.69) is 0 Å². The Morgan fingerprint density at radius 1 is 1.06 bits per heavy atom. The molecule has 1 aromatic heterocycles. The van der Waals surface area contributed by atoms with Gasteiger partial charge < -0.3 is 9.64 Å². The van der Waals surface area contributed by atoms with Crippen LogP contribution in [-0.4, -0.2) is 34.0 Å². The van der Waals surface area contributed by atoms with Crippen LogP contribution in [0.1, 0.15) is 42.5 Å². The second kappa shape index (κ2) is 9.87. The third-order valence-corrected chi connectivity index (χ3v) is 5.80. The van der Waals surface area contributed by atoms with Crippen LogP contribution >= 0.6 is 0 Å². The van der Waals surface area contributed by atoms with Crippen molar-refractivity contribution in [2.45, 2.75) is 26.3 Å². The SMILES string of the molecule is CCCN(C(=O)c1ccccc1F)C(C)c1nc2ccccc2c(=O)n1-c1ccc(OC)cc1. The molecule has 0 radical (unpaired) electrons. The molecule has 7 heteroatoms. The summed E-state index contributed by atoms with van der Waals surface area (Å²) in [5.41, 5.74) is 0.879. The lowest BCUT2D eigenvalue weighted by molar-refractivity contribution is 0.0676. The molecule has 174 valence electrons. The molecule has 6 nitrogen and oxygen atoms in total. The molecule has 0 saturated carbocycles. The van der Waals surface area contributed by atoms with Crippen LogP contribution in [0.25, 0.3) is 16.6 Å². The fraction of sp³-hybridized carbons (Fsp3) is 0.222. The van der Waals surface area contributed by atoms with E-state index in [4.69, 9.17) is 9.72 Å². The highest BCUT2D eigenvalue weighted by Crippen LogP contribution is 2.26. The van der Waals surface area contributed by atoms with Crippen LogP contribution < -0.4 is 10.3 Å². The number of methoxy groups -OCH3 is 1. The van der Waals surface area contributed by atoms with Gasteiger partial charge in [-0.3, -0.25) is 14.2 Å². The van der Waals surface area contributed by atoms with Gasteiger partial charge in [-0.2, -0.15) is 0 Å². The zero-order valence-electron chi connectivity index (χ0n) is 19.4. The van der Waals surface area contributed by atoms with Crippen LogP contribution in [0, 0.1) is 5.82 Å². The van der Waals surface area contributed by atoms with E-state index in [-0.39, 0.29) is 11.1 Å². The van der Waals surface area contributed by atoms with E-state index in [1.807, 2.05) is 19.9 Å². The van der Waals surface area contributed by atoms with Crippen LogP contribution in [0.5, 0.6) is 5.75 Å². The van der Waals surface area contributed by atoms with Crippen molar-refractivity contribution >= 4 is 16.8 Å². The normalized spacial score (nSPS) is 11.9. The number of benzene rings is 3. The summed E-state index contributed by atoms with van der Waals surface area (Å²) < 4.78 is 21.2. The molecule has 1 amide bonds. The van der Waals surface area contributed by atoms with E-state index >= 15 is 0 Å². The van der Waals surface area contributed by atoms with Crippen molar-refractivity contribution in [1.82, 2.24) is 14.5 Å². The number of aromatic nitrogens is 2. The second-order valence-corrected chi connectivity index (χ2v) is 7.98. The van der Waals surface area contributed by atoms with Gasteiger partial charge in [-0.15, -0.1) is 0 Å². The molecule has 0 aliphatic heterocycles. The second-order valence-electron chi connectivity index (χ2n) is 7.98. The molecular weight excluding hydrogens is 433 g/mol.